The number of nitriles is 1. The summed E-state index contributed by atoms with van der Waals surface area (Å²) >= 11 is 0. The smallest absolute Gasteiger partial charge is 0.182 e. The van der Waals surface area contributed by atoms with Crippen LogP contribution in [0.1, 0.15) is 11.1 Å². The number of hydrogen-bond acceptors (Lipinski definition) is 7. The molecule has 0 aliphatic rings. The van der Waals surface area contributed by atoms with Crippen molar-refractivity contribution in [1.29, 1.82) is 5.26 Å². The highest BCUT2D eigenvalue weighted by Gasteiger charge is 2.20. The third-order valence-corrected chi connectivity index (χ3v) is 6.23. The highest BCUT2D eigenvalue weighted by molar-refractivity contribution is 6.00. The summed E-state index contributed by atoms with van der Waals surface area (Å²) in [5, 5.41) is 19.5. The van der Waals surface area contributed by atoms with E-state index in [1.54, 1.807) is 30.2 Å². The normalized spacial score (nSPS) is 10.9. The molecule has 0 radical (unpaired) electrons. The van der Waals surface area contributed by atoms with Crippen molar-refractivity contribution < 1.29 is 4.74 Å². The fourth-order valence-electron chi connectivity index (χ4n) is 4.39. The van der Waals surface area contributed by atoms with Gasteiger partial charge in [-0.25, -0.2) is 9.50 Å². The Labute approximate surface area is 212 Å². The highest BCUT2D eigenvalue weighted by atomic mass is 16.5. The zero-order valence-electron chi connectivity index (χ0n) is 20.0. The minimum atomic E-state index is 0.423. The number of benzene rings is 2. The number of anilines is 1. The van der Waals surface area contributed by atoms with Crippen LogP contribution >= 0.6 is 0 Å². The zero-order valence-corrected chi connectivity index (χ0v) is 20.0. The molecule has 4 heterocycles. The fraction of sp³-hybridized carbons (Fsp3) is 0.0690. The van der Waals surface area contributed by atoms with Crippen LogP contribution in [-0.4, -0.2) is 31.7 Å². The number of nitrogens with zero attached hydrogens (tertiary/aromatic N) is 6. The minimum absolute atomic E-state index is 0.423. The first-order chi connectivity index (χ1) is 18.2. The lowest BCUT2D eigenvalue weighted by molar-refractivity contribution is 0.415. The van der Waals surface area contributed by atoms with Gasteiger partial charge in [-0.3, -0.25) is 9.97 Å². The van der Waals surface area contributed by atoms with E-state index in [1.807, 2.05) is 66.9 Å². The van der Waals surface area contributed by atoms with E-state index < -0.39 is 0 Å². The zero-order chi connectivity index (χ0) is 25.2. The van der Waals surface area contributed by atoms with Gasteiger partial charge in [0.15, 0.2) is 11.5 Å². The molecule has 0 saturated heterocycles. The molecular weight excluding hydrogens is 462 g/mol. The van der Waals surface area contributed by atoms with E-state index in [2.05, 4.69) is 27.4 Å². The Kier molecular flexibility index (Phi) is 5.64. The quantitative estimate of drug-likeness (QED) is 0.334. The number of nitrogens with one attached hydrogen (secondary N) is 1. The predicted octanol–water partition coefficient (Wildman–Crippen LogP) is 5.50. The maximum atomic E-state index is 10.3. The first-order valence-electron chi connectivity index (χ1n) is 11.7. The average Bonchev–Trinajstić information content (AvgIpc) is 3.42. The van der Waals surface area contributed by atoms with Gasteiger partial charge in [-0.15, -0.1) is 5.10 Å². The molecule has 0 fully saturated rings. The molecule has 6 aromatic rings. The Hall–Kier alpha value is -5.29. The maximum Gasteiger partial charge on any atom is 0.182 e. The summed E-state index contributed by atoms with van der Waals surface area (Å²) in [5.74, 6) is 1.22. The number of hydrogen-bond donors (Lipinski definition) is 1. The first-order valence-corrected chi connectivity index (χ1v) is 11.7. The van der Waals surface area contributed by atoms with Crippen molar-refractivity contribution in [3.8, 4) is 34.3 Å². The summed E-state index contributed by atoms with van der Waals surface area (Å²) in [6.07, 6.45) is 7.08. The van der Waals surface area contributed by atoms with Gasteiger partial charge in [-0.2, -0.15) is 5.26 Å². The van der Waals surface area contributed by atoms with E-state index in [0.29, 0.717) is 35.0 Å². The molecule has 8 nitrogen and oxygen atoms in total. The van der Waals surface area contributed by atoms with Gasteiger partial charge in [0.2, 0.25) is 0 Å². The molecule has 4 aromatic heterocycles. The van der Waals surface area contributed by atoms with Gasteiger partial charge in [0.05, 0.1) is 18.3 Å². The molecule has 0 spiro atoms. The van der Waals surface area contributed by atoms with Gasteiger partial charge in [0.25, 0.3) is 0 Å². The van der Waals surface area contributed by atoms with Crippen LogP contribution in [-0.2, 0) is 6.54 Å². The summed E-state index contributed by atoms with van der Waals surface area (Å²) in [6, 6.07) is 23.9. The molecule has 0 aliphatic heterocycles. The topological polar surface area (TPSA) is 101 Å². The summed E-state index contributed by atoms with van der Waals surface area (Å²) in [5.41, 5.74) is 6.28. The van der Waals surface area contributed by atoms with E-state index in [9.17, 15) is 5.26 Å². The molecular formula is C29H21N7O. The molecule has 0 amide bonds. The fourth-order valence-corrected chi connectivity index (χ4v) is 4.39. The average molecular weight is 484 g/mol. The van der Waals surface area contributed by atoms with Crippen molar-refractivity contribution in [2.75, 3.05) is 12.4 Å². The van der Waals surface area contributed by atoms with Gasteiger partial charge in [0, 0.05) is 47.8 Å². The molecule has 0 aliphatic carbocycles. The Morgan fingerprint density at radius 2 is 1.78 bits per heavy atom. The van der Waals surface area contributed by atoms with Crippen LogP contribution in [0.15, 0.2) is 91.5 Å². The van der Waals surface area contributed by atoms with Crippen molar-refractivity contribution in [2.45, 2.75) is 6.54 Å². The van der Waals surface area contributed by atoms with E-state index in [0.717, 1.165) is 33.2 Å². The van der Waals surface area contributed by atoms with E-state index in [-0.39, 0.29) is 0 Å². The van der Waals surface area contributed by atoms with Crippen LogP contribution in [0.4, 0.5) is 5.69 Å². The predicted molar refractivity (Wildman–Crippen MR) is 142 cm³/mol. The van der Waals surface area contributed by atoms with Gasteiger partial charge in [-0.05, 0) is 53.6 Å². The third kappa shape index (κ3) is 4.09. The number of methoxy groups -OCH3 is 1. The third-order valence-electron chi connectivity index (χ3n) is 6.23. The second-order valence-electron chi connectivity index (χ2n) is 8.45. The number of rotatable bonds is 6. The highest BCUT2D eigenvalue weighted by Crippen LogP contribution is 2.35. The lowest BCUT2D eigenvalue weighted by Crippen LogP contribution is -2.05. The van der Waals surface area contributed by atoms with E-state index >= 15 is 0 Å². The van der Waals surface area contributed by atoms with Crippen molar-refractivity contribution in [1.82, 2.24) is 24.6 Å². The van der Waals surface area contributed by atoms with Crippen LogP contribution in [0.5, 0.6) is 5.75 Å². The van der Waals surface area contributed by atoms with Gasteiger partial charge in [0.1, 0.15) is 17.4 Å². The number of ether oxygens (including phenoxy) is 1. The van der Waals surface area contributed by atoms with E-state index in [4.69, 9.17) is 14.8 Å². The molecule has 0 bridgehead atoms. The largest absolute Gasteiger partial charge is 0.497 e. The molecule has 0 atom stereocenters. The van der Waals surface area contributed by atoms with Crippen LogP contribution in [0, 0.1) is 11.3 Å². The molecule has 0 saturated carbocycles. The van der Waals surface area contributed by atoms with Crippen molar-refractivity contribution in [3.63, 3.8) is 0 Å². The monoisotopic (exact) mass is 483 g/mol. The van der Waals surface area contributed by atoms with Crippen LogP contribution in [0.2, 0.25) is 0 Å². The van der Waals surface area contributed by atoms with Crippen LogP contribution in [0.3, 0.4) is 0 Å². The second-order valence-corrected chi connectivity index (χ2v) is 8.45. The van der Waals surface area contributed by atoms with Gasteiger partial charge < -0.3 is 10.1 Å². The minimum Gasteiger partial charge on any atom is -0.497 e. The Morgan fingerprint density at radius 3 is 2.57 bits per heavy atom. The van der Waals surface area contributed by atoms with Gasteiger partial charge >= 0.3 is 0 Å². The van der Waals surface area contributed by atoms with Gasteiger partial charge in [-0.1, -0.05) is 24.3 Å². The summed E-state index contributed by atoms with van der Waals surface area (Å²) < 4.78 is 7.12. The molecule has 37 heavy (non-hydrogen) atoms. The molecule has 0 unspecified atom stereocenters. The Morgan fingerprint density at radius 1 is 0.919 bits per heavy atom. The molecule has 2 aromatic carbocycles. The van der Waals surface area contributed by atoms with Crippen molar-refractivity contribution in [2.24, 2.45) is 0 Å². The van der Waals surface area contributed by atoms with Crippen LogP contribution in [0.25, 0.3) is 39.1 Å². The lowest BCUT2D eigenvalue weighted by atomic mass is 10.0. The second kappa shape index (κ2) is 9.40. The van der Waals surface area contributed by atoms with Crippen molar-refractivity contribution >= 4 is 22.2 Å². The van der Waals surface area contributed by atoms with E-state index in [1.165, 1.54) is 0 Å². The molecule has 178 valence electrons. The maximum absolute atomic E-state index is 10.3. The molecule has 6 rings (SSSR count). The molecule has 8 heteroatoms. The molecule has 1 N–H and O–H groups in total. The Bertz CT molecular complexity index is 1770. The lowest BCUT2D eigenvalue weighted by Gasteiger charge is -2.14. The Balaban J connectivity index is 1.59. The standard InChI is InChI=1S/C29H21N7O/c1-37-23-6-2-4-21(14-23)28-34-29-25(16-30)27(33-17-19-9-12-31-13-10-19)24-15-20(22-5-3-11-32-18-22)7-8-26(24)36(29)35-28/h2-15,18,33H,17H2,1H3. The summed E-state index contributed by atoms with van der Waals surface area (Å²) in [4.78, 5) is 13.1. The SMILES string of the molecule is COc1cccc(-c2nc3c(C#N)c(NCc4ccncc4)c4cc(-c5cccnc5)ccc4n3n2)c1. The number of fused-ring (bicyclic) bond motifs is 3. The summed E-state index contributed by atoms with van der Waals surface area (Å²) in [6.45, 7) is 0.524. The first kappa shape index (κ1) is 22.2. The van der Waals surface area contributed by atoms with Crippen LogP contribution < -0.4 is 10.1 Å². The van der Waals surface area contributed by atoms with Crippen molar-refractivity contribution in [3.05, 3.63) is 103 Å². The number of aromatic nitrogens is 5. The number of pyridine rings is 3. The summed E-state index contributed by atoms with van der Waals surface area (Å²) in [7, 11) is 1.62.